The molecule has 12 aromatic heterocycles. The first kappa shape index (κ1) is 109. The van der Waals surface area contributed by atoms with E-state index in [4.69, 9.17) is 58.5 Å². The second-order valence-electron chi connectivity index (χ2n) is 35.1. The van der Waals surface area contributed by atoms with Crippen molar-refractivity contribution in [3.63, 3.8) is 0 Å². The zero-order chi connectivity index (χ0) is 96.6. The number of benzene rings is 4. The Kier molecular flexibility index (Phi) is 41.1. The Bertz CT molecular complexity index is 7100. The first-order chi connectivity index (χ1) is 69.3. The van der Waals surface area contributed by atoms with Crippen LogP contribution in [-0.2, 0) is 97.7 Å². The van der Waals surface area contributed by atoms with Crippen LogP contribution in [0.1, 0.15) is 164 Å². The van der Waals surface area contributed by atoms with E-state index in [9.17, 15) is 19.5 Å². The van der Waals surface area contributed by atoms with Crippen LogP contribution in [0.2, 0.25) is 0 Å². The second kappa shape index (κ2) is 54.4. The summed E-state index contributed by atoms with van der Waals surface area (Å²) in [4.78, 5) is 85.1. The van der Waals surface area contributed by atoms with Crippen molar-refractivity contribution < 1.29 is 226 Å². The number of H-pyrrole nitrogens is 1. The zero-order valence-corrected chi connectivity index (χ0v) is 94.8. The number of aromatic nitrogens is 16. The van der Waals surface area contributed by atoms with E-state index >= 15 is 0 Å². The SMILES string of the molecule is CCOC(=O)CC(c1cnc2c(c1)CCCN2)n1ncc2cc(OCCc3ccc4c(n3)NCCC4)ccc21.CCOC(=O)CC(c1cnc2ncccc2c1)n1ncc2cc(OCCc3ccc4c(n3)NCCC4)ccc21.O=C(O)CC(c1cnc2c(c1)CCCN2)n1ncc2cc(OCCc3ccc4c(n3)NCCC4)ccc21.O=CO[O-].[Cs+].[Cs+].[H-].[Li+].[OH-].c1cc2[nH]ncc2cc1OCCc1ccc2c(n1)NCCC2. The van der Waals surface area contributed by atoms with Crippen molar-refractivity contribution in [2.75, 3.05) is 111 Å². The Morgan fingerprint density at radius 1 is 0.407 bits per heavy atom. The van der Waals surface area contributed by atoms with Gasteiger partial charge in [0.25, 0.3) is 6.47 Å². The summed E-state index contributed by atoms with van der Waals surface area (Å²) < 4.78 is 40.2. The van der Waals surface area contributed by atoms with Crippen molar-refractivity contribution in [3.8, 4) is 23.0 Å². The van der Waals surface area contributed by atoms with Crippen LogP contribution in [0.4, 0.5) is 34.9 Å². The van der Waals surface area contributed by atoms with Crippen LogP contribution in [0.3, 0.4) is 0 Å². The molecule has 0 amide bonds. The molecule has 0 radical (unpaired) electrons. The number of rotatable bonds is 31. The first-order valence-corrected chi connectivity index (χ1v) is 48.5. The number of esters is 2. The van der Waals surface area contributed by atoms with Gasteiger partial charge in [-0.25, -0.2) is 39.9 Å². The van der Waals surface area contributed by atoms with E-state index in [-0.39, 0.29) is 213 Å². The van der Waals surface area contributed by atoms with Crippen molar-refractivity contribution in [1.29, 1.82) is 0 Å². The quantitative estimate of drug-likeness (QED) is 0.00793. The molecule has 16 aromatic rings. The van der Waals surface area contributed by atoms with E-state index in [1.807, 2.05) is 120 Å². The largest absolute Gasteiger partial charge is 1.00 e. The normalized spacial score (nSPS) is 13.8. The van der Waals surface area contributed by atoms with Crippen LogP contribution in [0.15, 0.2) is 201 Å². The monoisotopic (exact) mass is 2190 g/mol. The van der Waals surface area contributed by atoms with Crippen molar-refractivity contribution >= 4 is 114 Å². The van der Waals surface area contributed by atoms with Gasteiger partial charge in [0.1, 0.15) is 57.9 Å². The number of carboxylic acid groups (broad SMARTS) is 1. The summed E-state index contributed by atoms with van der Waals surface area (Å²) in [5.41, 5.74) is 18.6. The number of nitrogens with zero attached hydrogens (tertiary/aromatic N) is 15. The van der Waals surface area contributed by atoms with Crippen LogP contribution in [-0.4, -0.2) is 193 Å². The Labute approximate surface area is 969 Å². The van der Waals surface area contributed by atoms with Crippen LogP contribution < -0.4 is 213 Å². The number of hydrogen-bond acceptors (Lipinski definition) is 31. The number of ether oxygens (including phenoxy) is 6. The molecule has 4 aromatic carbocycles. The van der Waals surface area contributed by atoms with Gasteiger partial charge in [0.05, 0.1) is 124 Å². The molecule has 0 saturated carbocycles. The molecule has 9 N–H and O–H groups in total. The maximum absolute atomic E-state index is 12.6. The van der Waals surface area contributed by atoms with Gasteiger partial charge in [0.15, 0.2) is 5.65 Å². The molecule has 39 heteroatoms. The van der Waals surface area contributed by atoms with Crippen LogP contribution >= 0.6 is 0 Å². The molecule has 3 atom stereocenters. The number of pyridine rings is 8. The van der Waals surface area contributed by atoms with Crippen LogP contribution in [0.5, 0.6) is 23.0 Å². The minimum atomic E-state index is -0.879. The number of carbonyl (C=O) groups excluding carboxylic acids is 3. The number of anilines is 6. The minimum absolute atomic E-state index is 0. The smallest absolute Gasteiger partial charge is 1.00 e. The van der Waals surface area contributed by atoms with Crippen molar-refractivity contribution in [2.24, 2.45) is 0 Å². The van der Waals surface area contributed by atoms with E-state index in [0.717, 1.165) is 281 Å². The standard InChI is InChI=1S/C30H34N6O3.C30H30N6O3.C28H30N6O3.C17H18N4O.CH2O3.2Cs.Li.H2O.H/c2*1-2-38-28(37)17-27(22-15-21-6-4-12-31-29(21)33-18-22)36-26-10-9-25(16-23(26)19-34-36)39-14-11-24-8-7-20-5-3-13-32-30(20)35-24;35-26(36)15-25(20-13-19-4-2-10-29-27(19)31-16-20)34-24-8-7-23(14-21(24)17-32-34)37-12-9-22-6-5-18-3-1-11-30-28(18)33-22;1-2-12-3-4-14(20-17(12)18-8-1)7-9-22-15-5-6-16-13(10-15)11-19-21-16;2-1-4-3;;;;;/h7-10,15-16,18-19,27H,2-6,11-14,17H2,1H3,(H,31,33)(H,32,35);4,6-10,12,15-16,18-19,27H,2-3,5,11,13-14,17H2,1H3,(H,32,35);5-8,13-14,16-17,25H,1-4,9-12,15H2,(H,29,31)(H,30,33)(H,35,36);3-6,10-11H,1-2,7-9H2,(H,18,20)(H,19,21);1,3H;;;;1H2;/q;;;;;3*+1;;-1/p-2. The van der Waals surface area contributed by atoms with Gasteiger partial charge in [-0.3, -0.25) is 38.3 Å². The summed E-state index contributed by atoms with van der Waals surface area (Å²) in [6.45, 7) is 12.1. The summed E-state index contributed by atoms with van der Waals surface area (Å²) in [7, 11) is 0. The third kappa shape index (κ3) is 28.8. The molecule has 3 unspecified atom stereocenters. The molecule has 22 rings (SSSR count). The van der Waals surface area contributed by atoms with Crippen molar-refractivity contribution in [2.45, 2.75) is 154 Å². The van der Waals surface area contributed by atoms with Gasteiger partial charge < -0.3 is 82.5 Å². The number of hydrogen-bond donors (Lipinski definition) is 8. The second-order valence-corrected chi connectivity index (χ2v) is 35.1. The molecule has 6 aliphatic heterocycles. The average Bonchev–Trinajstić information content (AvgIpc) is 1.63. The van der Waals surface area contributed by atoms with Gasteiger partial charge >= 0.3 is 175 Å². The molecule has 36 nitrogen and oxygen atoms in total. The summed E-state index contributed by atoms with van der Waals surface area (Å²) >= 11 is 0. The molecule has 0 aliphatic carbocycles. The summed E-state index contributed by atoms with van der Waals surface area (Å²) in [5, 5.41) is 63.9. The fourth-order valence-corrected chi connectivity index (χ4v) is 18.5. The summed E-state index contributed by atoms with van der Waals surface area (Å²) in [6, 6.07) is 49.6. The fraction of sp³-hybridized carbons (Fsp3) is 0.340. The summed E-state index contributed by atoms with van der Waals surface area (Å²) in [5.74, 6) is 7.60. The number of nitrogens with one attached hydrogen (secondary N) is 7. The molecule has 0 bridgehead atoms. The van der Waals surface area contributed by atoms with Gasteiger partial charge in [0.2, 0.25) is 0 Å². The number of aliphatic carboxylic acids is 1. The molecule has 18 heterocycles. The predicted octanol–water partition coefficient (Wildman–Crippen LogP) is 6.15. The van der Waals surface area contributed by atoms with Crippen molar-refractivity contribution in [3.05, 3.63) is 274 Å². The minimum Gasteiger partial charge on any atom is -1.00 e. The third-order valence-electron chi connectivity index (χ3n) is 25.5. The van der Waals surface area contributed by atoms with Gasteiger partial charge in [-0.15, -0.1) is 0 Å². The van der Waals surface area contributed by atoms with Gasteiger partial charge in [0, 0.05) is 139 Å². The fourth-order valence-electron chi connectivity index (χ4n) is 18.5. The van der Waals surface area contributed by atoms with Gasteiger partial charge in [-0.2, -0.15) is 20.4 Å². The Balaban J connectivity index is 0.000000161. The average molecular weight is 2190 g/mol. The molecule has 736 valence electrons. The van der Waals surface area contributed by atoms with Crippen LogP contribution in [0.25, 0.3) is 54.6 Å². The summed E-state index contributed by atoms with van der Waals surface area (Å²) in [6.07, 6.45) is 30.5. The number of aryl methyl sites for hydroxylation is 6. The Morgan fingerprint density at radius 2 is 0.752 bits per heavy atom. The van der Waals surface area contributed by atoms with Crippen molar-refractivity contribution in [1.82, 2.24) is 79.4 Å². The Morgan fingerprint density at radius 3 is 1.12 bits per heavy atom. The first-order valence-electron chi connectivity index (χ1n) is 48.5. The topological polar surface area (TPSA) is 464 Å². The number of aromatic amines is 1. The van der Waals surface area contributed by atoms with E-state index < -0.39 is 12.0 Å². The molecule has 0 fully saturated rings. The van der Waals surface area contributed by atoms with Gasteiger partial charge in [-0.05, 0) is 268 Å². The van der Waals surface area contributed by atoms with E-state index in [1.165, 1.54) is 34.2 Å². The number of carbonyl (C=O) groups is 4. The van der Waals surface area contributed by atoms with E-state index in [1.54, 1.807) is 48.8 Å². The van der Waals surface area contributed by atoms with E-state index in [2.05, 4.69) is 143 Å². The maximum Gasteiger partial charge on any atom is 1.00 e. The Hall–Kier alpha value is -11.3. The molecule has 0 saturated heterocycles. The molecule has 145 heavy (non-hydrogen) atoms. The van der Waals surface area contributed by atoms with Gasteiger partial charge in [-0.1, -0.05) is 24.3 Å². The number of fused-ring (bicyclic) bond motifs is 11. The predicted molar refractivity (Wildman–Crippen MR) is 537 cm³/mol. The maximum atomic E-state index is 12.6. The van der Waals surface area contributed by atoms with Crippen LogP contribution in [0, 0.1) is 0 Å². The van der Waals surface area contributed by atoms with E-state index in [0.29, 0.717) is 51.7 Å². The molecular formula is C106H115Cs2LiN22O14. The molecular weight excluding hydrogens is 2080 g/mol. The zero-order valence-electron chi connectivity index (χ0n) is 83.3. The molecule has 6 aliphatic rings. The third-order valence-corrected chi connectivity index (χ3v) is 25.5. The number of carboxylic acids is 1. The molecule has 0 spiro atoms.